The smallest absolute Gasteiger partial charge is 0.354 e. The van der Waals surface area contributed by atoms with Gasteiger partial charge >= 0.3 is 5.97 Å². The van der Waals surface area contributed by atoms with Gasteiger partial charge in [0.15, 0.2) is 11.3 Å². The molecule has 5 nitrogen and oxygen atoms in total. The lowest BCUT2D eigenvalue weighted by Crippen LogP contribution is -2.07. The molecule has 3 aromatic rings. The molecule has 0 fully saturated rings. The van der Waals surface area contributed by atoms with E-state index in [1.165, 1.54) is 0 Å². The third-order valence-electron chi connectivity index (χ3n) is 3.68. The Hall–Kier alpha value is -2.40. The van der Waals surface area contributed by atoms with Gasteiger partial charge in [0.25, 0.3) is 0 Å². The normalized spacial score (nSPS) is 11.1. The summed E-state index contributed by atoms with van der Waals surface area (Å²) in [5.41, 5.74) is 3.90. The van der Waals surface area contributed by atoms with Gasteiger partial charge in [-0.3, -0.25) is 0 Å². The van der Waals surface area contributed by atoms with Crippen molar-refractivity contribution in [3.8, 4) is 11.1 Å². The zero-order valence-corrected chi connectivity index (χ0v) is 13.6. The van der Waals surface area contributed by atoms with Crippen LogP contribution >= 0.6 is 11.6 Å². The molecule has 3 rings (SSSR count). The van der Waals surface area contributed by atoms with Crippen molar-refractivity contribution < 1.29 is 9.90 Å². The molecule has 0 atom stereocenters. The maximum atomic E-state index is 11.4. The molecular weight excluding hydrogens is 314 g/mol. The number of halogens is 1. The largest absolute Gasteiger partial charge is 0.477 e. The zero-order valence-electron chi connectivity index (χ0n) is 12.9. The second kappa shape index (κ2) is 6.01. The highest BCUT2D eigenvalue weighted by atomic mass is 35.5. The third-order valence-corrected chi connectivity index (χ3v) is 3.91. The maximum Gasteiger partial charge on any atom is 0.354 e. The molecule has 0 radical (unpaired) electrons. The first kappa shape index (κ1) is 15.5. The van der Waals surface area contributed by atoms with E-state index in [9.17, 15) is 9.90 Å². The van der Waals surface area contributed by atoms with E-state index >= 15 is 0 Å². The lowest BCUT2D eigenvalue weighted by atomic mass is 10.1. The van der Waals surface area contributed by atoms with E-state index in [0.29, 0.717) is 10.7 Å². The summed E-state index contributed by atoms with van der Waals surface area (Å²) >= 11 is 6.09. The molecule has 0 aliphatic heterocycles. The van der Waals surface area contributed by atoms with E-state index in [-0.39, 0.29) is 5.69 Å². The molecule has 6 heteroatoms. The molecular formula is C17H16ClN3O2. The van der Waals surface area contributed by atoms with Crippen molar-refractivity contribution in [2.45, 2.75) is 26.7 Å². The zero-order chi connectivity index (χ0) is 16.6. The lowest BCUT2D eigenvalue weighted by Gasteiger charge is -2.06. The number of aryl methyl sites for hydroxylation is 2. The van der Waals surface area contributed by atoms with Gasteiger partial charge in [-0.05, 0) is 37.1 Å². The van der Waals surface area contributed by atoms with E-state index in [2.05, 4.69) is 10.1 Å². The Balaban J connectivity index is 2.34. The van der Waals surface area contributed by atoms with Crippen molar-refractivity contribution in [1.29, 1.82) is 0 Å². The number of hydrogen-bond acceptors (Lipinski definition) is 3. The van der Waals surface area contributed by atoms with E-state index in [4.69, 9.17) is 11.6 Å². The number of benzene rings is 1. The fourth-order valence-corrected chi connectivity index (χ4v) is 2.90. The fourth-order valence-electron chi connectivity index (χ4n) is 2.71. The molecule has 1 aromatic carbocycles. The van der Waals surface area contributed by atoms with Gasteiger partial charge in [-0.15, -0.1) is 0 Å². The predicted octanol–water partition coefficient (Wildman–Crippen LogP) is 4.01. The Labute approximate surface area is 138 Å². The Bertz CT molecular complexity index is 902. The minimum Gasteiger partial charge on any atom is -0.477 e. The van der Waals surface area contributed by atoms with Gasteiger partial charge in [0.1, 0.15) is 0 Å². The van der Waals surface area contributed by atoms with Crippen molar-refractivity contribution >= 4 is 23.2 Å². The number of carboxylic acid groups (broad SMARTS) is 1. The van der Waals surface area contributed by atoms with Crippen LogP contribution in [0.2, 0.25) is 5.02 Å². The SMILES string of the molecule is CCCc1cc(C(=O)O)nc2c(-c3cccc(Cl)c3)c(C)nn12. The molecule has 0 aliphatic carbocycles. The van der Waals surface area contributed by atoms with Gasteiger partial charge in [0.05, 0.1) is 5.69 Å². The number of hydrogen-bond donors (Lipinski definition) is 1. The second-order valence-corrected chi connectivity index (χ2v) is 5.83. The van der Waals surface area contributed by atoms with Crippen molar-refractivity contribution in [2.24, 2.45) is 0 Å². The second-order valence-electron chi connectivity index (χ2n) is 5.39. The first-order valence-electron chi connectivity index (χ1n) is 7.39. The first-order valence-corrected chi connectivity index (χ1v) is 7.77. The highest BCUT2D eigenvalue weighted by Crippen LogP contribution is 2.30. The summed E-state index contributed by atoms with van der Waals surface area (Å²) in [5, 5.41) is 14.5. The van der Waals surface area contributed by atoms with Crippen LogP contribution in [0.3, 0.4) is 0 Å². The van der Waals surface area contributed by atoms with Gasteiger partial charge < -0.3 is 5.11 Å². The predicted molar refractivity (Wildman–Crippen MR) is 89.1 cm³/mol. The topological polar surface area (TPSA) is 67.5 Å². The van der Waals surface area contributed by atoms with Gasteiger partial charge in [0, 0.05) is 16.3 Å². The summed E-state index contributed by atoms with van der Waals surface area (Å²) in [6.45, 7) is 3.93. The number of rotatable bonds is 4. The van der Waals surface area contributed by atoms with E-state index in [0.717, 1.165) is 35.4 Å². The summed E-state index contributed by atoms with van der Waals surface area (Å²) in [6.07, 6.45) is 1.62. The van der Waals surface area contributed by atoms with Gasteiger partial charge in [-0.1, -0.05) is 37.1 Å². The number of carboxylic acids is 1. The molecule has 0 amide bonds. The van der Waals surface area contributed by atoms with Crippen molar-refractivity contribution in [1.82, 2.24) is 14.6 Å². The van der Waals surface area contributed by atoms with E-state index < -0.39 is 5.97 Å². The molecule has 0 saturated heterocycles. The summed E-state index contributed by atoms with van der Waals surface area (Å²) in [4.78, 5) is 15.7. The number of aromatic carboxylic acids is 1. The molecule has 0 unspecified atom stereocenters. The Morgan fingerprint density at radius 2 is 2.13 bits per heavy atom. The minimum absolute atomic E-state index is 0.0316. The lowest BCUT2D eigenvalue weighted by molar-refractivity contribution is 0.0690. The fraction of sp³-hybridized carbons (Fsp3) is 0.235. The molecule has 0 saturated carbocycles. The van der Waals surface area contributed by atoms with Crippen LogP contribution in [0.1, 0.15) is 35.2 Å². The Kier molecular flexibility index (Phi) is 4.05. The molecule has 1 N–H and O–H groups in total. The summed E-state index contributed by atoms with van der Waals surface area (Å²) < 4.78 is 1.74. The third kappa shape index (κ3) is 2.80. The van der Waals surface area contributed by atoms with Crippen LogP contribution in [0.5, 0.6) is 0 Å². The summed E-state index contributed by atoms with van der Waals surface area (Å²) in [7, 11) is 0. The Morgan fingerprint density at radius 3 is 2.78 bits per heavy atom. The Morgan fingerprint density at radius 1 is 1.35 bits per heavy atom. The van der Waals surface area contributed by atoms with Crippen LogP contribution in [0.4, 0.5) is 0 Å². The van der Waals surface area contributed by atoms with Crippen molar-refractivity contribution in [3.63, 3.8) is 0 Å². The minimum atomic E-state index is -1.04. The highest BCUT2D eigenvalue weighted by molar-refractivity contribution is 6.30. The van der Waals surface area contributed by atoms with E-state index in [1.54, 1.807) is 16.6 Å². The number of fused-ring (bicyclic) bond motifs is 1. The van der Waals surface area contributed by atoms with E-state index in [1.807, 2.05) is 32.0 Å². The molecule has 0 aliphatic rings. The summed E-state index contributed by atoms with van der Waals surface area (Å²) in [6, 6.07) is 9.00. The molecule has 118 valence electrons. The van der Waals surface area contributed by atoms with Gasteiger partial charge in [-0.25, -0.2) is 14.3 Å². The monoisotopic (exact) mass is 329 g/mol. The molecule has 0 spiro atoms. The number of carbonyl (C=O) groups is 1. The average Bonchev–Trinajstić information content (AvgIpc) is 2.83. The van der Waals surface area contributed by atoms with Crippen LogP contribution in [0, 0.1) is 6.92 Å². The van der Waals surface area contributed by atoms with Gasteiger partial charge in [-0.2, -0.15) is 5.10 Å². The van der Waals surface area contributed by atoms with Crippen molar-refractivity contribution in [2.75, 3.05) is 0 Å². The van der Waals surface area contributed by atoms with Crippen LogP contribution in [-0.4, -0.2) is 25.7 Å². The number of aromatic nitrogens is 3. The van der Waals surface area contributed by atoms with Crippen LogP contribution in [0.25, 0.3) is 16.8 Å². The van der Waals surface area contributed by atoms with Gasteiger partial charge in [0.2, 0.25) is 0 Å². The number of nitrogens with zero attached hydrogens (tertiary/aromatic N) is 3. The molecule has 2 heterocycles. The summed E-state index contributed by atoms with van der Waals surface area (Å²) in [5.74, 6) is -1.04. The average molecular weight is 330 g/mol. The molecule has 2 aromatic heterocycles. The maximum absolute atomic E-state index is 11.4. The first-order chi connectivity index (χ1) is 11.0. The molecule has 0 bridgehead atoms. The standard InChI is InChI=1S/C17H16ClN3O2/c1-3-5-13-9-14(17(22)23)19-16-15(10(2)20-21(13)16)11-6-4-7-12(18)8-11/h4,6-9H,3,5H2,1-2H3,(H,22,23). The molecule has 23 heavy (non-hydrogen) atoms. The van der Waals surface area contributed by atoms with Crippen molar-refractivity contribution in [3.05, 3.63) is 52.4 Å². The van der Waals surface area contributed by atoms with Crippen LogP contribution in [-0.2, 0) is 6.42 Å². The highest BCUT2D eigenvalue weighted by Gasteiger charge is 2.18. The van der Waals surface area contributed by atoms with Crippen LogP contribution < -0.4 is 0 Å². The quantitative estimate of drug-likeness (QED) is 0.785. The van der Waals surface area contributed by atoms with Crippen LogP contribution in [0.15, 0.2) is 30.3 Å².